The van der Waals surface area contributed by atoms with Gasteiger partial charge in [-0.05, 0) is 31.5 Å². The number of rotatable bonds is 1. The lowest BCUT2D eigenvalue weighted by atomic mass is 10.1. The minimum absolute atomic E-state index is 0.920. The monoisotopic (exact) mass is 203 g/mol. The van der Waals surface area contributed by atoms with Crippen LogP contribution in [0.4, 0.5) is 0 Å². The summed E-state index contributed by atoms with van der Waals surface area (Å²) in [6, 6.07) is 10.5. The van der Waals surface area contributed by atoms with Crippen LogP contribution in [0.3, 0.4) is 0 Å². The van der Waals surface area contributed by atoms with Crippen molar-refractivity contribution in [1.29, 1.82) is 0 Å². The van der Waals surface area contributed by atoms with Crippen LogP contribution in [0.1, 0.15) is 12.5 Å². The first-order valence-electron chi connectivity index (χ1n) is 4.83. The van der Waals surface area contributed by atoms with E-state index >= 15 is 0 Å². The summed E-state index contributed by atoms with van der Waals surface area (Å²) >= 11 is 5.33. The van der Waals surface area contributed by atoms with E-state index in [1.165, 1.54) is 16.5 Å². The summed E-state index contributed by atoms with van der Waals surface area (Å²) in [6.07, 6.45) is 0. The normalized spacial score (nSPS) is 10.7. The number of hydrogen-bond acceptors (Lipinski definition) is 1. The van der Waals surface area contributed by atoms with Crippen LogP contribution in [-0.2, 0) is 6.54 Å². The Morgan fingerprint density at radius 3 is 2.71 bits per heavy atom. The van der Waals surface area contributed by atoms with Crippen molar-refractivity contribution in [1.82, 2.24) is 4.57 Å². The predicted molar refractivity (Wildman–Crippen MR) is 63.2 cm³/mol. The molecule has 1 heterocycles. The first kappa shape index (κ1) is 9.41. The van der Waals surface area contributed by atoms with Gasteiger partial charge in [0.05, 0.1) is 0 Å². The van der Waals surface area contributed by atoms with Crippen LogP contribution >= 0.6 is 12.2 Å². The second-order valence-corrected chi connectivity index (χ2v) is 3.85. The SMILES string of the molecule is CCn1c(=S)cc(C)c2ccccc21. The Morgan fingerprint density at radius 1 is 1.29 bits per heavy atom. The molecule has 1 aromatic carbocycles. The minimum atomic E-state index is 0.920. The molecule has 1 aromatic heterocycles. The van der Waals surface area contributed by atoms with Crippen molar-refractivity contribution in [3.05, 3.63) is 40.5 Å². The summed E-state index contributed by atoms with van der Waals surface area (Å²) in [4.78, 5) is 0. The fourth-order valence-electron chi connectivity index (χ4n) is 1.83. The predicted octanol–water partition coefficient (Wildman–Crippen LogP) is 3.70. The van der Waals surface area contributed by atoms with Gasteiger partial charge >= 0.3 is 0 Å². The van der Waals surface area contributed by atoms with Gasteiger partial charge in [-0.1, -0.05) is 30.4 Å². The zero-order chi connectivity index (χ0) is 10.1. The van der Waals surface area contributed by atoms with Crippen LogP contribution in [0.5, 0.6) is 0 Å². The van der Waals surface area contributed by atoms with E-state index in [2.05, 4.69) is 48.7 Å². The zero-order valence-electron chi connectivity index (χ0n) is 8.45. The van der Waals surface area contributed by atoms with Crippen LogP contribution in [0.25, 0.3) is 10.9 Å². The van der Waals surface area contributed by atoms with E-state index in [1.807, 2.05) is 0 Å². The molecule has 1 nitrogen and oxygen atoms in total. The third-order valence-corrected chi connectivity index (χ3v) is 2.88. The van der Waals surface area contributed by atoms with Gasteiger partial charge in [0.25, 0.3) is 0 Å². The molecule has 14 heavy (non-hydrogen) atoms. The Kier molecular flexibility index (Phi) is 2.38. The lowest BCUT2D eigenvalue weighted by molar-refractivity contribution is 0.777. The van der Waals surface area contributed by atoms with Gasteiger partial charge in [0.1, 0.15) is 4.64 Å². The van der Waals surface area contributed by atoms with Crippen molar-refractivity contribution in [2.45, 2.75) is 20.4 Å². The van der Waals surface area contributed by atoms with E-state index < -0.39 is 0 Å². The molecule has 2 rings (SSSR count). The molecule has 0 fully saturated rings. The van der Waals surface area contributed by atoms with Crippen LogP contribution in [0.15, 0.2) is 30.3 Å². The molecule has 2 aromatic rings. The van der Waals surface area contributed by atoms with Gasteiger partial charge in [0.15, 0.2) is 0 Å². The first-order valence-corrected chi connectivity index (χ1v) is 5.24. The molecule has 0 aliphatic heterocycles. The second kappa shape index (κ2) is 3.54. The summed E-state index contributed by atoms with van der Waals surface area (Å²) in [5.74, 6) is 0. The zero-order valence-corrected chi connectivity index (χ0v) is 9.27. The average Bonchev–Trinajstić information content (AvgIpc) is 2.18. The van der Waals surface area contributed by atoms with Crippen LogP contribution < -0.4 is 0 Å². The highest BCUT2D eigenvalue weighted by molar-refractivity contribution is 7.71. The minimum Gasteiger partial charge on any atom is -0.332 e. The largest absolute Gasteiger partial charge is 0.332 e. The van der Waals surface area contributed by atoms with Gasteiger partial charge in [-0.2, -0.15) is 0 Å². The van der Waals surface area contributed by atoms with Crippen molar-refractivity contribution >= 4 is 23.1 Å². The highest BCUT2D eigenvalue weighted by Crippen LogP contribution is 2.18. The molecule has 0 unspecified atom stereocenters. The second-order valence-electron chi connectivity index (χ2n) is 3.43. The first-order chi connectivity index (χ1) is 6.74. The lowest BCUT2D eigenvalue weighted by Crippen LogP contribution is -2.00. The van der Waals surface area contributed by atoms with E-state index in [-0.39, 0.29) is 0 Å². The summed E-state index contributed by atoms with van der Waals surface area (Å²) in [6.45, 7) is 5.16. The van der Waals surface area contributed by atoms with Crippen LogP contribution in [-0.4, -0.2) is 4.57 Å². The number of fused-ring (bicyclic) bond motifs is 1. The highest BCUT2D eigenvalue weighted by atomic mass is 32.1. The standard InChI is InChI=1S/C12H13NS/c1-3-13-11-7-5-4-6-10(11)9(2)8-12(13)14/h4-8H,3H2,1-2H3. The molecule has 0 spiro atoms. The fourth-order valence-corrected chi connectivity index (χ4v) is 2.23. The number of benzene rings is 1. The quantitative estimate of drug-likeness (QED) is 0.640. The molecule has 0 saturated heterocycles. The van der Waals surface area contributed by atoms with E-state index in [0.717, 1.165) is 11.2 Å². The number of nitrogens with zero attached hydrogens (tertiary/aromatic N) is 1. The molecule has 72 valence electrons. The molecular formula is C12H13NS. The third-order valence-electron chi connectivity index (χ3n) is 2.54. The molecule has 0 bridgehead atoms. The molecule has 0 amide bonds. The molecule has 0 N–H and O–H groups in total. The Balaban J connectivity index is 2.98. The third kappa shape index (κ3) is 1.36. The van der Waals surface area contributed by atoms with Crippen LogP contribution in [0.2, 0.25) is 0 Å². The van der Waals surface area contributed by atoms with Crippen molar-refractivity contribution in [3.8, 4) is 0 Å². The van der Waals surface area contributed by atoms with Crippen molar-refractivity contribution < 1.29 is 0 Å². The number of aromatic nitrogens is 1. The molecule has 0 aliphatic carbocycles. The highest BCUT2D eigenvalue weighted by Gasteiger charge is 2.01. The van der Waals surface area contributed by atoms with Gasteiger partial charge in [-0.3, -0.25) is 0 Å². The molecule has 2 heteroatoms. The summed E-state index contributed by atoms with van der Waals surface area (Å²) in [5, 5.41) is 1.29. The number of aryl methyl sites for hydroxylation is 2. The molecular weight excluding hydrogens is 190 g/mol. The molecule has 0 aliphatic rings. The number of para-hydroxylation sites is 1. The number of hydrogen-bond donors (Lipinski definition) is 0. The van der Waals surface area contributed by atoms with Gasteiger partial charge in [0.2, 0.25) is 0 Å². The molecule has 0 atom stereocenters. The van der Waals surface area contributed by atoms with E-state index in [0.29, 0.717) is 0 Å². The fraction of sp³-hybridized carbons (Fsp3) is 0.250. The van der Waals surface area contributed by atoms with Crippen LogP contribution in [0, 0.1) is 11.6 Å². The Morgan fingerprint density at radius 2 is 2.00 bits per heavy atom. The maximum Gasteiger partial charge on any atom is 0.106 e. The van der Waals surface area contributed by atoms with E-state index in [4.69, 9.17) is 12.2 Å². The maximum atomic E-state index is 5.33. The Labute approximate surface area is 89.0 Å². The van der Waals surface area contributed by atoms with Crippen molar-refractivity contribution in [2.24, 2.45) is 0 Å². The van der Waals surface area contributed by atoms with Gasteiger partial charge in [-0.15, -0.1) is 0 Å². The Hall–Kier alpha value is -1.15. The Bertz CT molecular complexity index is 525. The average molecular weight is 203 g/mol. The summed E-state index contributed by atoms with van der Waals surface area (Å²) < 4.78 is 3.08. The maximum absolute atomic E-state index is 5.33. The molecule has 0 saturated carbocycles. The summed E-state index contributed by atoms with van der Waals surface area (Å²) in [5.41, 5.74) is 2.50. The lowest BCUT2D eigenvalue weighted by Gasteiger charge is -2.10. The van der Waals surface area contributed by atoms with Crippen molar-refractivity contribution in [3.63, 3.8) is 0 Å². The summed E-state index contributed by atoms with van der Waals surface area (Å²) in [7, 11) is 0. The van der Waals surface area contributed by atoms with E-state index in [9.17, 15) is 0 Å². The molecule has 0 radical (unpaired) electrons. The van der Waals surface area contributed by atoms with Gasteiger partial charge in [-0.25, -0.2) is 0 Å². The topological polar surface area (TPSA) is 4.93 Å². The van der Waals surface area contributed by atoms with Gasteiger partial charge < -0.3 is 4.57 Å². The van der Waals surface area contributed by atoms with Crippen molar-refractivity contribution in [2.75, 3.05) is 0 Å². The smallest absolute Gasteiger partial charge is 0.106 e. The van der Waals surface area contributed by atoms with E-state index in [1.54, 1.807) is 0 Å². The number of pyridine rings is 1. The van der Waals surface area contributed by atoms with Gasteiger partial charge in [0, 0.05) is 17.4 Å².